The number of aliphatic hydroxyl groups is 1. The van der Waals surface area contributed by atoms with E-state index in [1.54, 1.807) is 41.5 Å². The van der Waals surface area contributed by atoms with Gasteiger partial charge < -0.3 is 25.2 Å². The van der Waals surface area contributed by atoms with Gasteiger partial charge in [0.05, 0.1) is 19.5 Å². The van der Waals surface area contributed by atoms with Crippen LogP contribution in [-0.2, 0) is 23.8 Å². The first-order valence-corrected chi connectivity index (χ1v) is 9.76. The van der Waals surface area contributed by atoms with Gasteiger partial charge in [0.15, 0.2) is 0 Å². The van der Waals surface area contributed by atoms with Crippen LogP contribution >= 0.6 is 0 Å². The number of nitrogens with one attached hydrogen (secondary N) is 2. The Hall–Kier alpha value is -1.59. The summed E-state index contributed by atoms with van der Waals surface area (Å²) in [6, 6.07) is 0. The second kappa shape index (κ2) is 11.9. The maximum atomic E-state index is 11.0. The number of rotatable bonds is 6. The van der Waals surface area contributed by atoms with Crippen LogP contribution in [0.2, 0.25) is 0 Å². The first kappa shape index (κ1) is 26.6. The van der Waals surface area contributed by atoms with Crippen LogP contribution in [-0.4, -0.2) is 69.5 Å². The van der Waals surface area contributed by atoms with E-state index in [1.807, 2.05) is 0 Å². The number of amides is 2. The third kappa shape index (κ3) is 24.7. The molecule has 0 aromatic rings. The van der Waals surface area contributed by atoms with Crippen LogP contribution in [0.5, 0.6) is 0 Å². The highest BCUT2D eigenvalue weighted by Gasteiger charge is 2.16. The number of alkyl carbamates (subject to hydrolysis) is 2. The molecule has 0 heterocycles. The lowest BCUT2D eigenvalue weighted by atomic mass is 10.2. The molecule has 0 aliphatic carbocycles. The number of hydrogen-bond acceptors (Lipinski definition) is 8. The highest BCUT2D eigenvalue weighted by Crippen LogP contribution is 2.06. The molecule has 0 aromatic carbocycles. The minimum atomic E-state index is -3.45. The SMILES string of the molecule is CC(C)(C)OC(=O)NCCO.CC(C)(C)OC(=O)NCCOS(C)(=O)=O. The Bertz CT molecular complexity index is 521. The van der Waals surface area contributed by atoms with Crippen molar-refractivity contribution in [3.05, 3.63) is 0 Å². The quantitative estimate of drug-likeness (QED) is 0.443. The van der Waals surface area contributed by atoms with Crippen molar-refractivity contribution in [3.8, 4) is 0 Å². The predicted octanol–water partition coefficient (Wildman–Crippen LogP) is 0.991. The lowest BCUT2D eigenvalue weighted by Gasteiger charge is -2.19. The second-order valence-electron chi connectivity index (χ2n) is 7.11. The van der Waals surface area contributed by atoms with Gasteiger partial charge in [-0.25, -0.2) is 9.59 Å². The molecular formula is C15H32N2O8S. The van der Waals surface area contributed by atoms with Crippen molar-refractivity contribution in [2.75, 3.05) is 32.6 Å². The van der Waals surface area contributed by atoms with E-state index in [0.717, 1.165) is 6.26 Å². The van der Waals surface area contributed by atoms with Crippen LogP contribution < -0.4 is 10.6 Å². The van der Waals surface area contributed by atoms with Crippen LogP contribution in [0.3, 0.4) is 0 Å². The van der Waals surface area contributed by atoms with Crippen LogP contribution in [0.15, 0.2) is 0 Å². The summed E-state index contributed by atoms with van der Waals surface area (Å²) in [4.78, 5) is 21.8. The molecule has 0 aliphatic heterocycles. The van der Waals surface area contributed by atoms with E-state index in [9.17, 15) is 18.0 Å². The van der Waals surface area contributed by atoms with Crippen molar-refractivity contribution in [1.82, 2.24) is 10.6 Å². The predicted molar refractivity (Wildman–Crippen MR) is 96.4 cm³/mol. The molecule has 3 N–H and O–H groups in total. The lowest BCUT2D eigenvalue weighted by Crippen LogP contribution is -2.34. The van der Waals surface area contributed by atoms with Crippen molar-refractivity contribution in [1.29, 1.82) is 0 Å². The molecule has 0 aliphatic rings. The van der Waals surface area contributed by atoms with Gasteiger partial charge in [-0.1, -0.05) is 0 Å². The molecule has 0 fully saturated rings. The fraction of sp³-hybridized carbons (Fsp3) is 0.867. The maximum Gasteiger partial charge on any atom is 0.407 e. The van der Waals surface area contributed by atoms with Crippen LogP contribution in [0.25, 0.3) is 0 Å². The molecule has 0 bridgehead atoms. The molecule has 0 saturated heterocycles. The molecule has 156 valence electrons. The van der Waals surface area contributed by atoms with Gasteiger partial charge >= 0.3 is 12.2 Å². The Balaban J connectivity index is 0. The van der Waals surface area contributed by atoms with Crippen molar-refractivity contribution < 1.29 is 36.8 Å². The summed E-state index contributed by atoms with van der Waals surface area (Å²) in [7, 11) is -3.45. The number of carbonyl (C=O) groups excluding carboxylic acids is 2. The van der Waals surface area contributed by atoms with E-state index in [2.05, 4.69) is 14.8 Å². The monoisotopic (exact) mass is 400 g/mol. The summed E-state index contributed by atoms with van der Waals surface area (Å²) < 4.78 is 35.3. The minimum Gasteiger partial charge on any atom is -0.444 e. The van der Waals surface area contributed by atoms with Crippen LogP contribution in [0.4, 0.5) is 9.59 Å². The van der Waals surface area contributed by atoms with E-state index >= 15 is 0 Å². The smallest absolute Gasteiger partial charge is 0.407 e. The highest BCUT2D eigenvalue weighted by atomic mass is 32.2. The normalized spacial score (nSPS) is 11.7. The van der Waals surface area contributed by atoms with Gasteiger partial charge in [0.25, 0.3) is 10.1 Å². The van der Waals surface area contributed by atoms with E-state index in [0.29, 0.717) is 0 Å². The summed E-state index contributed by atoms with van der Waals surface area (Å²) in [5.74, 6) is 0. The molecular weight excluding hydrogens is 368 g/mol. The van der Waals surface area contributed by atoms with Crippen LogP contribution in [0, 0.1) is 0 Å². The zero-order valence-corrected chi connectivity index (χ0v) is 17.4. The van der Waals surface area contributed by atoms with E-state index in [4.69, 9.17) is 14.6 Å². The van der Waals surface area contributed by atoms with Gasteiger partial charge in [0, 0.05) is 13.1 Å². The molecule has 0 rings (SSSR count). The largest absolute Gasteiger partial charge is 0.444 e. The molecule has 10 nitrogen and oxygen atoms in total. The summed E-state index contributed by atoms with van der Waals surface area (Å²) in [6.07, 6.45) is -0.147. The van der Waals surface area contributed by atoms with Gasteiger partial charge in [-0.2, -0.15) is 8.42 Å². The summed E-state index contributed by atoms with van der Waals surface area (Å²) in [6.45, 7) is 10.7. The lowest BCUT2D eigenvalue weighted by molar-refractivity contribution is 0.0508. The van der Waals surface area contributed by atoms with Crippen LogP contribution in [0.1, 0.15) is 41.5 Å². The zero-order valence-electron chi connectivity index (χ0n) is 16.5. The fourth-order valence-corrected chi connectivity index (χ4v) is 1.52. The maximum absolute atomic E-state index is 11.0. The third-order valence-electron chi connectivity index (χ3n) is 1.85. The second-order valence-corrected chi connectivity index (χ2v) is 8.75. The molecule has 0 radical (unpaired) electrons. The first-order chi connectivity index (χ1) is 11.6. The molecule has 2 amide bonds. The van der Waals surface area contributed by atoms with E-state index in [1.165, 1.54) is 0 Å². The van der Waals surface area contributed by atoms with Gasteiger partial charge in [0.2, 0.25) is 0 Å². The summed E-state index contributed by atoms with van der Waals surface area (Å²) >= 11 is 0. The number of hydrogen-bond donors (Lipinski definition) is 3. The summed E-state index contributed by atoms with van der Waals surface area (Å²) in [5, 5.41) is 13.1. The Kier molecular flexibility index (Phi) is 12.2. The third-order valence-corrected chi connectivity index (χ3v) is 2.44. The fourth-order valence-electron chi connectivity index (χ4n) is 1.13. The van der Waals surface area contributed by atoms with Crippen molar-refractivity contribution in [3.63, 3.8) is 0 Å². The average molecular weight is 400 g/mol. The molecule has 0 unspecified atom stereocenters. The van der Waals surface area contributed by atoms with Gasteiger partial charge in [-0.15, -0.1) is 0 Å². The highest BCUT2D eigenvalue weighted by molar-refractivity contribution is 7.85. The van der Waals surface area contributed by atoms with E-state index in [-0.39, 0.29) is 26.3 Å². The molecule has 26 heavy (non-hydrogen) atoms. The molecule has 11 heteroatoms. The zero-order chi connectivity index (χ0) is 21.0. The Morgan fingerprint density at radius 3 is 1.58 bits per heavy atom. The molecule has 0 spiro atoms. The van der Waals surface area contributed by atoms with Gasteiger partial charge in [-0.3, -0.25) is 4.18 Å². The van der Waals surface area contributed by atoms with Crippen molar-refractivity contribution in [2.24, 2.45) is 0 Å². The molecule has 0 aromatic heterocycles. The van der Waals surface area contributed by atoms with Crippen molar-refractivity contribution >= 4 is 22.3 Å². The Labute approximate surface area is 155 Å². The average Bonchev–Trinajstić information content (AvgIpc) is 2.37. The van der Waals surface area contributed by atoms with Gasteiger partial charge in [0.1, 0.15) is 11.2 Å². The minimum absolute atomic E-state index is 0.0702. The number of aliphatic hydroxyl groups excluding tert-OH is 1. The Morgan fingerprint density at radius 2 is 1.27 bits per heavy atom. The number of carbonyl (C=O) groups is 2. The standard InChI is InChI=1S/C8H17NO5S.C7H15NO3/c1-8(2,3)14-7(10)9-5-6-13-15(4,11)12;1-7(2,3)11-6(10)8-4-5-9/h5-6H2,1-4H3,(H,9,10);9H,4-5H2,1-3H3,(H,8,10). The van der Waals surface area contributed by atoms with Gasteiger partial charge in [-0.05, 0) is 41.5 Å². The topological polar surface area (TPSA) is 140 Å². The Morgan fingerprint density at radius 1 is 0.885 bits per heavy atom. The first-order valence-electron chi connectivity index (χ1n) is 7.95. The van der Waals surface area contributed by atoms with E-state index < -0.39 is 33.5 Å². The molecule has 0 saturated carbocycles. The van der Waals surface area contributed by atoms with Crippen molar-refractivity contribution in [2.45, 2.75) is 52.7 Å². The summed E-state index contributed by atoms with van der Waals surface area (Å²) in [5.41, 5.74) is -1.04. The molecule has 0 atom stereocenters. The number of ether oxygens (including phenoxy) is 2.